The molecule has 2 atom stereocenters. The molecule has 32 heavy (non-hydrogen) atoms. The first-order valence-electron chi connectivity index (χ1n) is 9.91. The number of aliphatic hydroxyl groups excluding tert-OH is 1. The number of benzene rings is 2. The Morgan fingerprint density at radius 2 is 2.03 bits per heavy atom. The summed E-state index contributed by atoms with van der Waals surface area (Å²) in [5.74, 6) is -0.607. The smallest absolute Gasteiger partial charge is 0.326 e. The minimum atomic E-state index is -1.17. The zero-order chi connectivity index (χ0) is 22.8. The van der Waals surface area contributed by atoms with Gasteiger partial charge >= 0.3 is 5.97 Å². The van der Waals surface area contributed by atoms with E-state index in [1.165, 1.54) is 12.1 Å². The van der Waals surface area contributed by atoms with Crippen LogP contribution in [-0.2, 0) is 9.59 Å². The monoisotopic (exact) mass is 439 g/mol. The molecule has 2 aromatic rings. The number of β-amino-alcohol motifs (C(OH)–C–C–N with tert-alkyl or cyclic N) is 1. The number of likely N-dealkylation sites (tertiary alicyclic amines) is 1. The molecule has 0 unspecified atom stereocenters. The third-order valence-corrected chi connectivity index (χ3v) is 5.28. The highest BCUT2D eigenvalue weighted by atomic mass is 16.5. The number of ketones is 1. The molecule has 0 aliphatic carbocycles. The highest BCUT2D eigenvalue weighted by Gasteiger charge is 2.39. The number of carbonyl (C=O) groups excluding carboxylic acids is 2. The van der Waals surface area contributed by atoms with E-state index in [0.29, 0.717) is 22.8 Å². The van der Waals surface area contributed by atoms with Crippen LogP contribution in [0.4, 0.5) is 0 Å². The van der Waals surface area contributed by atoms with Gasteiger partial charge in [-0.2, -0.15) is 0 Å². The number of rotatable bonds is 6. The van der Waals surface area contributed by atoms with Crippen LogP contribution in [-0.4, -0.2) is 65.2 Å². The first-order valence-corrected chi connectivity index (χ1v) is 9.91. The van der Waals surface area contributed by atoms with Gasteiger partial charge in [0.15, 0.2) is 12.4 Å². The number of carboxylic acid groups (broad SMARTS) is 1. The molecule has 2 heterocycles. The van der Waals surface area contributed by atoms with Gasteiger partial charge in [-0.3, -0.25) is 9.59 Å². The van der Waals surface area contributed by atoms with E-state index in [-0.39, 0.29) is 24.5 Å². The van der Waals surface area contributed by atoms with Crippen LogP contribution in [0.5, 0.6) is 17.2 Å². The number of carboxylic acids is 1. The molecule has 1 amide bonds. The zero-order valence-electron chi connectivity index (χ0n) is 17.2. The molecule has 9 nitrogen and oxygen atoms in total. The van der Waals surface area contributed by atoms with Crippen molar-refractivity contribution >= 4 is 23.7 Å². The summed E-state index contributed by atoms with van der Waals surface area (Å²) in [4.78, 5) is 37.4. The molecule has 2 aliphatic heterocycles. The summed E-state index contributed by atoms with van der Waals surface area (Å²) >= 11 is 0. The summed E-state index contributed by atoms with van der Waals surface area (Å²) < 4.78 is 16.4. The van der Waals surface area contributed by atoms with Crippen LogP contribution < -0.4 is 14.2 Å². The summed E-state index contributed by atoms with van der Waals surface area (Å²) in [7, 11) is 1.55. The summed E-state index contributed by atoms with van der Waals surface area (Å²) in [5.41, 5.74) is 1.11. The van der Waals surface area contributed by atoms with E-state index in [0.717, 1.165) is 10.5 Å². The van der Waals surface area contributed by atoms with E-state index in [1.54, 1.807) is 37.5 Å². The van der Waals surface area contributed by atoms with Gasteiger partial charge in [0.1, 0.15) is 23.3 Å². The number of nitrogens with zero attached hydrogens (tertiary/aromatic N) is 1. The molecule has 2 aliphatic rings. The van der Waals surface area contributed by atoms with E-state index >= 15 is 0 Å². The maximum atomic E-state index is 12.6. The van der Waals surface area contributed by atoms with Gasteiger partial charge < -0.3 is 29.3 Å². The van der Waals surface area contributed by atoms with E-state index in [2.05, 4.69) is 0 Å². The third kappa shape index (κ3) is 4.28. The molecule has 0 radical (unpaired) electrons. The molecule has 0 saturated carbocycles. The van der Waals surface area contributed by atoms with Crippen molar-refractivity contribution in [2.45, 2.75) is 18.6 Å². The predicted molar refractivity (Wildman–Crippen MR) is 112 cm³/mol. The lowest BCUT2D eigenvalue weighted by molar-refractivity contribution is -0.148. The fourth-order valence-corrected chi connectivity index (χ4v) is 3.69. The minimum absolute atomic E-state index is 0.0156. The van der Waals surface area contributed by atoms with Gasteiger partial charge in [-0.05, 0) is 35.9 Å². The second-order valence-corrected chi connectivity index (χ2v) is 7.45. The van der Waals surface area contributed by atoms with Crippen molar-refractivity contribution in [1.29, 1.82) is 0 Å². The normalized spacial score (nSPS) is 20.8. The fraction of sp³-hybridized carbons (Fsp3) is 0.261. The molecule has 4 rings (SSSR count). The van der Waals surface area contributed by atoms with Crippen molar-refractivity contribution in [2.75, 3.05) is 20.3 Å². The van der Waals surface area contributed by atoms with Gasteiger partial charge in [0, 0.05) is 19.0 Å². The Hall–Kier alpha value is -3.85. The molecule has 1 saturated heterocycles. The highest BCUT2D eigenvalue weighted by Crippen LogP contribution is 2.35. The van der Waals surface area contributed by atoms with Crippen LogP contribution in [0, 0.1) is 0 Å². The molecule has 2 N–H and O–H groups in total. The average Bonchev–Trinajstić information content (AvgIpc) is 3.32. The van der Waals surface area contributed by atoms with Crippen molar-refractivity contribution in [3.05, 3.63) is 59.4 Å². The molecule has 0 spiro atoms. The van der Waals surface area contributed by atoms with Crippen molar-refractivity contribution < 1.29 is 38.8 Å². The van der Waals surface area contributed by atoms with Crippen LogP contribution in [0.25, 0.3) is 6.08 Å². The minimum Gasteiger partial charge on any atom is -0.497 e. The van der Waals surface area contributed by atoms with Gasteiger partial charge in [-0.1, -0.05) is 12.1 Å². The second-order valence-electron chi connectivity index (χ2n) is 7.45. The van der Waals surface area contributed by atoms with E-state index in [9.17, 15) is 24.6 Å². The number of aliphatic carboxylic acids is 1. The standard InChI is InChI=1S/C23H21NO8/c1-30-15-4-2-3-13(7-15)8-20-22(27)17-6-5-16(10-19(17)32-20)31-12-21(26)24-11-14(25)9-18(24)23(28)29/h2-8,10,14,18,25H,9,11-12H2,1H3,(H,28,29)/t14-,18-/m0/s1. The van der Waals surface area contributed by atoms with Crippen molar-refractivity contribution in [3.63, 3.8) is 0 Å². The Morgan fingerprint density at radius 1 is 1.22 bits per heavy atom. The van der Waals surface area contributed by atoms with Gasteiger partial charge in [0.25, 0.3) is 5.91 Å². The quantitative estimate of drug-likeness (QED) is 0.653. The largest absolute Gasteiger partial charge is 0.497 e. The summed E-state index contributed by atoms with van der Waals surface area (Å²) in [6.07, 6.45) is 0.715. The zero-order valence-corrected chi connectivity index (χ0v) is 17.2. The lowest BCUT2D eigenvalue weighted by Gasteiger charge is -2.21. The van der Waals surface area contributed by atoms with Crippen molar-refractivity contribution in [3.8, 4) is 17.2 Å². The summed E-state index contributed by atoms with van der Waals surface area (Å²) in [5, 5.41) is 18.9. The number of allylic oxidation sites excluding steroid dienone is 1. The maximum absolute atomic E-state index is 12.6. The van der Waals surface area contributed by atoms with Crippen LogP contribution in [0.2, 0.25) is 0 Å². The van der Waals surface area contributed by atoms with Crippen molar-refractivity contribution in [2.24, 2.45) is 0 Å². The lowest BCUT2D eigenvalue weighted by Crippen LogP contribution is -2.42. The number of aliphatic hydroxyl groups is 1. The number of hydrogen-bond acceptors (Lipinski definition) is 7. The number of amides is 1. The number of Topliss-reactive ketones (excluding diaryl/α,β-unsaturated/α-hetero) is 1. The Bertz CT molecular complexity index is 1110. The molecule has 166 valence electrons. The molecular weight excluding hydrogens is 418 g/mol. The Morgan fingerprint density at radius 3 is 2.78 bits per heavy atom. The Kier molecular flexibility index (Phi) is 5.83. The maximum Gasteiger partial charge on any atom is 0.326 e. The van der Waals surface area contributed by atoms with Gasteiger partial charge in [0.2, 0.25) is 5.78 Å². The predicted octanol–water partition coefficient (Wildman–Crippen LogP) is 1.74. The number of methoxy groups -OCH3 is 1. The lowest BCUT2D eigenvalue weighted by atomic mass is 10.1. The van der Waals surface area contributed by atoms with Crippen LogP contribution in [0.15, 0.2) is 48.2 Å². The molecule has 2 aromatic carbocycles. The molecule has 9 heteroatoms. The number of fused-ring (bicyclic) bond motifs is 1. The molecule has 1 fully saturated rings. The van der Waals surface area contributed by atoms with Crippen molar-refractivity contribution in [1.82, 2.24) is 4.90 Å². The highest BCUT2D eigenvalue weighted by molar-refractivity contribution is 6.14. The number of ether oxygens (including phenoxy) is 3. The first-order chi connectivity index (χ1) is 15.4. The van der Waals surface area contributed by atoms with E-state index in [4.69, 9.17) is 14.2 Å². The van der Waals surface area contributed by atoms with Gasteiger partial charge in [-0.25, -0.2) is 4.79 Å². The van der Waals surface area contributed by atoms with Crippen LogP contribution >= 0.6 is 0 Å². The van der Waals surface area contributed by atoms with Crippen LogP contribution in [0.1, 0.15) is 22.3 Å². The van der Waals surface area contributed by atoms with Gasteiger partial charge in [0.05, 0.1) is 18.8 Å². The van der Waals surface area contributed by atoms with Crippen LogP contribution in [0.3, 0.4) is 0 Å². The SMILES string of the molecule is COc1cccc(C=C2Oc3cc(OCC(=O)N4C[C@@H](O)C[C@H]4C(=O)O)ccc3C2=O)c1. The molecule has 0 aromatic heterocycles. The third-order valence-electron chi connectivity index (χ3n) is 5.28. The summed E-state index contributed by atoms with van der Waals surface area (Å²) in [6.45, 7) is -0.463. The van der Waals surface area contributed by atoms with E-state index in [1.807, 2.05) is 6.07 Å². The van der Waals surface area contributed by atoms with E-state index < -0.39 is 30.6 Å². The fourth-order valence-electron chi connectivity index (χ4n) is 3.69. The molecule has 0 bridgehead atoms. The topological polar surface area (TPSA) is 123 Å². The molecular formula is C23H21NO8. The number of carbonyl (C=O) groups is 3. The second kappa shape index (κ2) is 8.72. The Balaban J connectivity index is 1.44. The Labute approximate surface area is 183 Å². The summed E-state index contributed by atoms with van der Waals surface area (Å²) in [6, 6.07) is 10.7. The number of hydrogen-bond donors (Lipinski definition) is 2. The van der Waals surface area contributed by atoms with Gasteiger partial charge in [-0.15, -0.1) is 0 Å². The first kappa shape index (κ1) is 21.4. The average molecular weight is 439 g/mol.